The van der Waals surface area contributed by atoms with E-state index in [9.17, 15) is 0 Å². The molecule has 1 heteroatoms. The zero-order valence-corrected chi connectivity index (χ0v) is 8.33. The van der Waals surface area contributed by atoms with Gasteiger partial charge in [-0.3, -0.25) is 0 Å². The second-order valence-electron chi connectivity index (χ2n) is 3.97. The Kier molecular flexibility index (Phi) is 1.54. The highest BCUT2D eigenvalue weighted by Gasteiger charge is 2.17. The topological polar surface area (TPSA) is 3.24 Å². The van der Waals surface area contributed by atoms with Crippen molar-refractivity contribution in [1.29, 1.82) is 0 Å². The van der Waals surface area contributed by atoms with Gasteiger partial charge in [0.1, 0.15) is 0 Å². The number of likely N-dealkylation sites (N-methyl/N-ethyl adjacent to an activating group) is 1. The van der Waals surface area contributed by atoms with Crippen LogP contribution in [0.1, 0.15) is 5.56 Å². The van der Waals surface area contributed by atoms with Crippen LogP contribution in [0.2, 0.25) is 0 Å². The van der Waals surface area contributed by atoms with Crippen molar-refractivity contribution in [2.45, 2.75) is 6.42 Å². The molecule has 0 spiro atoms. The van der Waals surface area contributed by atoms with Gasteiger partial charge in [-0.05, 0) is 17.4 Å². The predicted octanol–water partition coefficient (Wildman–Crippen LogP) is 2.83. The zero-order chi connectivity index (χ0) is 9.54. The Hall–Kier alpha value is -1.50. The van der Waals surface area contributed by atoms with E-state index in [4.69, 9.17) is 0 Å². The SMILES string of the molecule is CN1CCc2ccc3ccccc3c21. The molecule has 0 unspecified atom stereocenters. The van der Waals surface area contributed by atoms with Gasteiger partial charge in [-0.25, -0.2) is 0 Å². The van der Waals surface area contributed by atoms with E-state index in [1.807, 2.05) is 0 Å². The Morgan fingerprint density at radius 1 is 1.07 bits per heavy atom. The van der Waals surface area contributed by atoms with E-state index in [0.29, 0.717) is 0 Å². The highest BCUT2D eigenvalue weighted by Crippen LogP contribution is 2.34. The zero-order valence-electron chi connectivity index (χ0n) is 8.33. The summed E-state index contributed by atoms with van der Waals surface area (Å²) in [7, 11) is 2.18. The van der Waals surface area contributed by atoms with Crippen molar-refractivity contribution in [3.63, 3.8) is 0 Å². The van der Waals surface area contributed by atoms with Crippen LogP contribution >= 0.6 is 0 Å². The third kappa shape index (κ3) is 0.955. The van der Waals surface area contributed by atoms with Crippen molar-refractivity contribution >= 4 is 16.5 Å². The maximum absolute atomic E-state index is 2.36. The minimum Gasteiger partial charge on any atom is -0.374 e. The highest BCUT2D eigenvalue weighted by atomic mass is 15.1. The first-order valence-electron chi connectivity index (χ1n) is 5.08. The summed E-state index contributed by atoms with van der Waals surface area (Å²) < 4.78 is 0. The summed E-state index contributed by atoms with van der Waals surface area (Å²) in [5, 5.41) is 2.74. The number of hydrogen-bond acceptors (Lipinski definition) is 1. The molecule has 0 aliphatic carbocycles. The molecule has 1 heterocycles. The summed E-state index contributed by atoms with van der Waals surface area (Å²) in [6.45, 7) is 1.16. The van der Waals surface area contributed by atoms with Gasteiger partial charge < -0.3 is 4.90 Å². The summed E-state index contributed by atoms with van der Waals surface area (Å²) in [4.78, 5) is 2.36. The molecule has 1 aliphatic heterocycles. The first kappa shape index (κ1) is 7.86. The van der Waals surface area contributed by atoms with Crippen LogP contribution < -0.4 is 4.90 Å². The molecule has 0 N–H and O–H groups in total. The van der Waals surface area contributed by atoms with Crippen LogP contribution in [-0.4, -0.2) is 13.6 Å². The monoisotopic (exact) mass is 183 g/mol. The fraction of sp³-hybridized carbons (Fsp3) is 0.231. The molecule has 0 aromatic heterocycles. The number of rotatable bonds is 0. The molecule has 0 saturated heterocycles. The van der Waals surface area contributed by atoms with Gasteiger partial charge in [0.15, 0.2) is 0 Å². The molecule has 0 saturated carbocycles. The largest absolute Gasteiger partial charge is 0.374 e. The van der Waals surface area contributed by atoms with Gasteiger partial charge in [0.05, 0.1) is 0 Å². The van der Waals surface area contributed by atoms with E-state index in [2.05, 4.69) is 48.3 Å². The Labute approximate surface area is 84.0 Å². The molecule has 0 bridgehead atoms. The molecule has 2 aromatic rings. The van der Waals surface area contributed by atoms with E-state index >= 15 is 0 Å². The summed E-state index contributed by atoms with van der Waals surface area (Å²) in [5.41, 5.74) is 2.93. The molecule has 14 heavy (non-hydrogen) atoms. The van der Waals surface area contributed by atoms with Gasteiger partial charge in [-0.2, -0.15) is 0 Å². The molecule has 0 atom stereocenters. The van der Waals surface area contributed by atoms with Gasteiger partial charge in [-0.1, -0.05) is 36.4 Å². The summed E-state index contributed by atoms with van der Waals surface area (Å²) in [6, 6.07) is 13.1. The fourth-order valence-corrected chi connectivity index (χ4v) is 2.35. The van der Waals surface area contributed by atoms with E-state index < -0.39 is 0 Å². The first-order chi connectivity index (χ1) is 6.86. The lowest BCUT2D eigenvalue weighted by atomic mass is 10.0. The number of benzene rings is 2. The third-order valence-electron chi connectivity index (χ3n) is 3.08. The standard InChI is InChI=1S/C13H13N/c1-14-9-8-11-7-6-10-4-2-3-5-12(10)13(11)14/h2-7H,8-9H2,1H3. The van der Waals surface area contributed by atoms with E-state index in [0.717, 1.165) is 6.54 Å². The summed E-state index contributed by atoms with van der Waals surface area (Å²) >= 11 is 0. The molecule has 3 rings (SSSR count). The summed E-state index contributed by atoms with van der Waals surface area (Å²) in [5.74, 6) is 0. The molecule has 70 valence electrons. The molecular weight excluding hydrogens is 170 g/mol. The number of fused-ring (bicyclic) bond motifs is 3. The number of anilines is 1. The van der Waals surface area contributed by atoms with Gasteiger partial charge >= 0.3 is 0 Å². The number of hydrogen-bond donors (Lipinski definition) is 0. The van der Waals surface area contributed by atoms with Crippen LogP contribution in [0.5, 0.6) is 0 Å². The first-order valence-corrected chi connectivity index (χ1v) is 5.08. The maximum Gasteiger partial charge on any atom is 0.0476 e. The smallest absolute Gasteiger partial charge is 0.0476 e. The van der Waals surface area contributed by atoms with Crippen LogP contribution in [0, 0.1) is 0 Å². The van der Waals surface area contributed by atoms with Crippen molar-refractivity contribution in [3.05, 3.63) is 42.0 Å². The Balaban J connectivity index is 2.41. The van der Waals surface area contributed by atoms with Crippen LogP contribution in [0.15, 0.2) is 36.4 Å². The molecular formula is C13H13N. The van der Waals surface area contributed by atoms with Crippen molar-refractivity contribution in [2.75, 3.05) is 18.5 Å². The van der Waals surface area contributed by atoms with Gasteiger partial charge in [0, 0.05) is 24.7 Å². The van der Waals surface area contributed by atoms with E-state index in [1.54, 1.807) is 0 Å². The minimum absolute atomic E-state index is 1.16. The second-order valence-corrected chi connectivity index (χ2v) is 3.97. The lowest BCUT2D eigenvalue weighted by Crippen LogP contribution is -2.12. The number of nitrogens with zero attached hydrogens (tertiary/aromatic N) is 1. The van der Waals surface area contributed by atoms with Crippen LogP contribution in [0.4, 0.5) is 5.69 Å². The van der Waals surface area contributed by atoms with Crippen LogP contribution in [0.25, 0.3) is 10.8 Å². The van der Waals surface area contributed by atoms with Gasteiger partial charge in [0.2, 0.25) is 0 Å². The quantitative estimate of drug-likeness (QED) is 0.607. The van der Waals surface area contributed by atoms with Crippen LogP contribution in [0.3, 0.4) is 0 Å². The van der Waals surface area contributed by atoms with Crippen LogP contribution in [-0.2, 0) is 6.42 Å². The van der Waals surface area contributed by atoms with Gasteiger partial charge in [0.25, 0.3) is 0 Å². The van der Waals surface area contributed by atoms with Crippen molar-refractivity contribution in [2.24, 2.45) is 0 Å². The van der Waals surface area contributed by atoms with Crippen molar-refractivity contribution < 1.29 is 0 Å². The summed E-state index contributed by atoms with van der Waals surface area (Å²) in [6.07, 6.45) is 1.19. The average molecular weight is 183 g/mol. The lowest BCUT2D eigenvalue weighted by molar-refractivity contribution is 0.957. The van der Waals surface area contributed by atoms with E-state index in [-0.39, 0.29) is 0 Å². The molecule has 0 radical (unpaired) electrons. The maximum atomic E-state index is 2.36. The van der Waals surface area contributed by atoms with Gasteiger partial charge in [-0.15, -0.1) is 0 Å². The Morgan fingerprint density at radius 3 is 2.86 bits per heavy atom. The third-order valence-corrected chi connectivity index (χ3v) is 3.08. The molecule has 0 fully saturated rings. The van der Waals surface area contributed by atoms with Crippen molar-refractivity contribution in [3.8, 4) is 0 Å². The molecule has 2 aromatic carbocycles. The minimum atomic E-state index is 1.16. The second kappa shape index (κ2) is 2.74. The normalized spacial score (nSPS) is 14.8. The molecule has 0 amide bonds. The molecule has 1 nitrogen and oxygen atoms in total. The predicted molar refractivity (Wildman–Crippen MR) is 60.9 cm³/mol. The Morgan fingerprint density at radius 2 is 1.93 bits per heavy atom. The lowest BCUT2D eigenvalue weighted by Gasteiger charge is -2.14. The average Bonchev–Trinajstić information content (AvgIpc) is 2.61. The molecule has 1 aliphatic rings. The fourth-order valence-electron chi connectivity index (χ4n) is 2.35. The van der Waals surface area contributed by atoms with E-state index in [1.165, 1.54) is 28.4 Å². The Bertz CT molecular complexity index is 488. The van der Waals surface area contributed by atoms with Crippen molar-refractivity contribution in [1.82, 2.24) is 0 Å². The highest BCUT2D eigenvalue weighted by molar-refractivity contribution is 5.96.